The first-order chi connectivity index (χ1) is 8.62. The third kappa shape index (κ3) is 2.60. The van der Waals surface area contributed by atoms with Crippen molar-refractivity contribution in [2.75, 3.05) is 0 Å². The molecule has 19 heavy (non-hydrogen) atoms. The molecule has 2 nitrogen and oxygen atoms in total. The molecule has 0 amide bonds. The number of aromatic amines is 1. The van der Waals surface area contributed by atoms with E-state index < -0.39 is 16.1 Å². The molecule has 2 aromatic rings. The van der Waals surface area contributed by atoms with E-state index in [2.05, 4.69) is 56.4 Å². The maximum atomic E-state index is 12.5. The smallest absolute Gasteiger partial charge is 0.247 e. The fourth-order valence-electron chi connectivity index (χ4n) is 2.74. The van der Waals surface area contributed by atoms with Gasteiger partial charge in [0.25, 0.3) is 0 Å². The molecule has 1 N–H and O–H groups in total. The Morgan fingerprint density at radius 1 is 0.842 bits per heavy atom. The summed E-state index contributed by atoms with van der Waals surface area (Å²) < 4.78 is 0. The van der Waals surface area contributed by atoms with Gasteiger partial charge >= 0.3 is 0 Å². The molecule has 0 aliphatic carbocycles. The Hall–Kier alpha value is -1.14. The van der Waals surface area contributed by atoms with Gasteiger partial charge in [-0.25, -0.2) is 0 Å². The molecule has 0 bridgehead atoms. The minimum Gasteiger partial charge on any atom is -0.322 e. The van der Waals surface area contributed by atoms with E-state index in [1.165, 1.54) is 10.6 Å². The second-order valence-corrected chi connectivity index (χ2v) is 17.2. The van der Waals surface area contributed by atoms with Crippen molar-refractivity contribution in [3.63, 3.8) is 0 Å². The van der Waals surface area contributed by atoms with Crippen LogP contribution in [0.4, 0.5) is 0 Å². The van der Waals surface area contributed by atoms with Crippen LogP contribution in [-0.4, -0.2) is 21.1 Å². The number of benzene rings is 1. The third-order valence-electron chi connectivity index (χ3n) is 3.42. The lowest BCUT2D eigenvalue weighted by molar-refractivity contribution is 1.33. The van der Waals surface area contributed by atoms with Crippen LogP contribution >= 0.6 is 0 Å². The van der Waals surface area contributed by atoms with E-state index in [4.69, 9.17) is 0 Å². The Labute approximate surface area is 116 Å². The lowest BCUT2D eigenvalue weighted by Crippen LogP contribution is -2.63. The average molecular weight is 290 g/mol. The number of H-pyrrole nitrogens is 1. The summed E-state index contributed by atoms with van der Waals surface area (Å²) in [5.74, 6) is 0. The summed E-state index contributed by atoms with van der Waals surface area (Å²) in [5, 5.41) is 3.72. The Morgan fingerprint density at radius 3 is 1.89 bits per heavy atom. The van der Waals surface area contributed by atoms with Crippen LogP contribution in [0.1, 0.15) is 0 Å². The number of aromatic nitrogens is 1. The topological polar surface area (TPSA) is 32.9 Å². The zero-order valence-electron chi connectivity index (χ0n) is 12.7. The van der Waals surface area contributed by atoms with E-state index >= 15 is 0 Å². The van der Waals surface area contributed by atoms with Crippen molar-refractivity contribution < 1.29 is 0 Å². The Bertz CT molecular complexity index is 675. The van der Waals surface area contributed by atoms with Gasteiger partial charge in [0.1, 0.15) is 0 Å². The van der Waals surface area contributed by atoms with Crippen molar-refractivity contribution in [2.45, 2.75) is 39.3 Å². The van der Waals surface area contributed by atoms with E-state index in [0.29, 0.717) is 0 Å². The molecule has 0 saturated heterocycles. The summed E-state index contributed by atoms with van der Waals surface area (Å²) in [6, 6.07) is 8.22. The van der Waals surface area contributed by atoms with Crippen LogP contribution in [0.25, 0.3) is 10.9 Å². The summed E-state index contributed by atoms with van der Waals surface area (Å²) in [4.78, 5) is 15.6. The molecule has 1 aromatic heterocycles. The van der Waals surface area contributed by atoms with Gasteiger partial charge in [-0.05, 0) is 16.6 Å². The molecule has 2 rings (SSSR count). The zero-order chi connectivity index (χ0) is 14.4. The first-order valence-electron chi connectivity index (χ1n) is 6.78. The second-order valence-electron chi connectivity index (χ2n) is 7.25. The number of hydrogen-bond acceptors (Lipinski definition) is 1. The molecule has 0 saturated carbocycles. The number of para-hydroxylation sites is 1. The highest BCUT2D eigenvalue weighted by Gasteiger charge is 2.31. The fraction of sp³-hybridized carbons (Fsp3) is 0.400. The summed E-state index contributed by atoms with van der Waals surface area (Å²) in [5.41, 5.74) is 1.11. The number of rotatable bonds is 2. The van der Waals surface area contributed by atoms with Crippen molar-refractivity contribution in [2.24, 2.45) is 0 Å². The maximum Gasteiger partial charge on any atom is 0.247 e. The molecule has 102 valence electrons. The summed E-state index contributed by atoms with van der Waals surface area (Å²) in [6.07, 6.45) is 0. The van der Waals surface area contributed by atoms with E-state index in [1.54, 1.807) is 0 Å². The average Bonchev–Trinajstić information content (AvgIpc) is 2.24. The minimum absolute atomic E-state index is 0.135. The van der Waals surface area contributed by atoms with Gasteiger partial charge < -0.3 is 4.98 Å². The van der Waals surface area contributed by atoms with Crippen LogP contribution in [0.2, 0.25) is 39.3 Å². The molecule has 0 aliphatic rings. The van der Waals surface area contributed by atoms with Crippen LogP contribution in [0.15, 0.2) is 29.1 Å². The van der Waals surface area contributed by atoms with E-state index in [-0.39, 0.29) is 5.56 Å². The van der Waals surface area contributed by atoms with Gasteiger partial charge in [0.2, 0.25) is 5.56 Å². The normalized spacial score (nSPS) is 12.9. The van der Waals surface area contributed by atoms with E-state index in [0.717, 1.165) is 10.7 Å². The van der Waals surface area contributed by atoms with Gasteiger partial charge in [-0.2, -0.15) is 0 Å². The molecule has 4 heteroatoms. The van der Waals surface area contributed by atoms with Gasteiger partial charge in [0.05, 0.1) is 16.1 Å². The molecule has 0 atom stereocenters. The molecule has 0 aliphatic heterocycles. The highest BCUT2D eigenvalue weighted by Crippen LogP contribution is 2.13. The lowest BCUT2D eigenvalue weighted by Gasteiger charge is -2.28. The van der Waals surface area contributed by atoms with Gasteiger partial charge in [-0.3, -0.25) is 4.79 Å². The van der Waals surface area contributed by atoms with Gasteiger partial charge in [-0.15, -0.1) is 0 Å². The van der Waals surface area contributed by atoms with Crippen molar-refractivity contribution in [1.29, 1.82) is 0 Å². The van der Waals surface area contributed by atoms with Crippen LogP contribution < -0.4 is 15.9 Å². The molecular formula is C15H23NOSi2. The number of pyridine rings is 1. The molecule has 0 radical (unpaired) electrons. The fourth-order valence-corrected chi connectivity index (χ4v) is 8.51. The number of fused-ring (bicyclic) bond motifs is 1. The van der Waals surface area contributed by atoms with Gasteiger partial charge in [-0.1, -0.05) is 57.5 Å². The second kappa shape index (κ2) is 4.46. The van der Waals surface area contributed by atoms with Crippen LogP contribution in [0.3, 0.4) is 0 Å². The quantitative estimate of drug-likeness (QED) is 0.847. The van der Waals surface area contributed by atoms with Crippen molar-refractivity contribution in [3.8, 4) is 0 Å². The van der Waals surface area contributed by atoms with Crippen LogP contribution in [0.5, 0.6) is 0 Å². The summed E-state index contributed by atoms with van der Waals surface area (Å²) >= 11 is 0. The third-order valence-corrected chi connectivity index (χ3v) is 7.67. The maximum absolute atomic E-state index is 12.5. The van der Waals surface area contributed by atoms with Crippen LogP contribution in [-0.2, 0) is 0 Å². The Kier molecular flexibility index (Phi) is 3.35. The molecule has 1 heterocycles. The summed E-state index contributed by atoms with van der Waals surface area (Å²) in [6.45, 7) is 13.8. The van der Waals surface area contributed by atoms with Crippen molar-refractivity contribution >= 4 is 37.4 Å². The first kappa shape index (κ1) is 14.3. The largest absolute Gasteiger partial charge is 0.322 e. The highest BCUT2D eigenvalue weighted by atomic mass is 28.3. The highest BCUT2D eigenvalue weighted by molar-refractivity contribution is 6.99. The van der Waals surface area contributed by atoms with Crippen molar-refractivity contribution in [3.05, 3.63) is 34.6 Å². The van der Waals surface area contributed by atoms with Crippen LogP contribution in [0, 0.1) is 0 Å². The summed E-state index contributed by atoms with van der Waals surface area (Å²) in [7, 11) is -3.23. The van der Waals surface area contributed by atoms with Crippen molar-refractivity contribution in [1.82, 2.24) is 4.98 Å². The molecule has 1 aromatic carbocycles. The van der Waals surface area contributed by atoms with E-state index in [9.17, 15) is 4.79 Å². The standard InChI is InChI=1S/C15H23NOSi2/c1-18(2,3)13-11-9-7-8-10-12(11)16-15(17)14(13)19(4,5)6/h7-10H,1-6H3,(H,16,17). The zero-order valence-corrected chi connectivity index (χ0v) is 14.7. The van der Waals surface area contributed by atoms with Gasteiger partial charge in [0, 0.05) is 10.7 Å². The lowest BCUT2D eigenvalue weighted by atomic mass is 10.2. The Balaban J connectivity index is 3.04. The minimum atomic E-state index is -1.66. The Morgan fingerprint density at radius 2 is 1.37 bits per heavy atom. The first-order valence-corrected chi connectivity index (χ1v) is 13.8. The molecule has 0 fully saturated rings. The molecule has 0 spiro atoms. The monoisotopic (exact) mass is 289 g/mol. The SMILES string of the molecule is C[Si](C)(C)c1c([Si](C)(C)C)c2ccccc2[nH]c1=O. The predicted molar refractivity (Wildman–Crippen MR) is 90.5 cm³/mol. The molecular weight excluding hydrogens is 266 g/mol. The van der Waals surface area contributed by atoms with Gasteiger partial charge in [0.15, 0.2) is 0 Å². The number of hydrogen-bond donors (Lipinski definition) is 1. The predicted octanol–water partition coefficient (Wildman–Crippen LogP) is 2.62. The van der Waals surface area contributed by atoms with E-state index in [1.807, 2.05) is 12.1 Å². The number of nitrogens with one attached hydrogen (secondary N) is 1. The molecule has 0 unspecified atom stereocenters.